The van der Waals surface area contributed by atoms with Crippen LogP contribution >= 0.6 is 0 Å². The Bertz CT molecular complexity index is 298. The standard InChI is InChI=1S/C12H19F3N2O/c13-12(14,15)10-3-6-16(7-4-10)8-9-17-5-1-2-11(17)18/h10H,1-9H2. The molecule has 0 unspecified atom stereocenters. The molecule has 0 saturated carbocycles. The Morgan fingerprint density at radius 1 is 1.11 bits per heavy atom. The van der Waals surface area contributed by atoms with Gasteiger partial charge in [0, 0.05) is 26.1 Å². The molecule has 2 fully saturated rings. The van der Waals surface area contributed by atoms with Gasteiger partial charge in [-0.1, -0.05) is 0 Å². The number of likely N-dealkylation sites (tertiary alicyclic amines) is 2. The number of alkyl halides is 3. The molecule has 0 bridgehead atoms. The normalized spacial score (nSPS) is 23.9. The van der Waals surface area contributed by atoms with Crippen LogP contribution in [0.5, 0.6) is 0 Å². The van der Waals surface area contributed by atoms with Gasteiger partial charge >= 0.3 is 6.18 Å². The van der Waals surface area contributed by atoms with Gasteiger partial charge in [-0.2, -0.15) is 13.2 Å². The number of halogens is 3. The van der Waals surface area contributed by atoms with Gasteiger partial charge < -0.3 is 9.80 Å². The summed E-state index contributed by atoms with van der Waals surface area (Å²) in [5, 5.41) is 0. The largest absolute Gasteiger partial charge is 0.391 e. The van der Waals surface area contributed by atoms with Gasteiger partial charge in [-0.25, -0.2) is 0 Å². The van der Waals surface area contributed by atoms with Crippen LogP contribution in [-0.4, -0.2) is 54.6 Å². The van der Waals surface area contributed by atoms with E-state index in [-0.39, 0.29) is 18.7 Å². The summed E-state index contributed by atoms with van der Waals surface area (Å²) >= 11 is 0. The highest BCUT2D eigenvalue weighted by Gasteiger charge is 2.40. The number of carbonyl (C=O) groups excluding carboxylic acids is 1. The van der Waals surface area contributed by atoms with Gasteiger partial charge in [0.2, 0.25) is 5.91 Å². The van der Waals surface area contributed by atoms with Crippen molar-refractivity contribution >= 4 is 5.91 Å². The SMILES string of the molecule is O=C1CCCN1CCN1CCC(C(F)(F)F)CC1. The highest BCUT2D eigenvalue weighted by molar-refractivity contribution is 5.78. The Morgan fingerprint density at radius 3 is 2.28 bits per heavy atom. The minimum Gasteiger partial charge on any atom is -0.341 e. The van der Waals surface area contributed by atoms with Crippen molar-refractivity contribution in [1.82, 2.24) is 9.80 Å². The first kappa shape index (κ1) is 13.6. The zero-order valence-electron chi connectivity index (χ0n) is 10.4. The second-order valence-electron chi connectivity index (χ2n) is 5.14. The number of hydrogen-bond acceptors (Lipinski definition) is 2. The number of hydrogen-bond donors (Lipinski definition) is 0. The average molecular weight is 264 g/mol. The Morgan fingerprint density at radius 2 is 1.78 bits per heavy atom. The van der Waals surface area contributed by atoms with E-state index in [2.05, 4.69) is 0 Å². The summed E-state index contributed by atoms with van der Waals surface area (Å²) in [5.41, 5.74) is 0. The summed E-state index contributed by atoms with van der Waals surface area (Å²) in [5.74, 6) is -0.956. The van der Waals surface area contributed by atoms with E-state index in [1.54, 1.807) is 0 Å². The first-order valence-electron chi connectivity index (χ1n) is 6.53. The molecule has 0 aliphatic carbocycles. The Hall–Kier alpha value is -0.780. The molecule has 1 amide bonds. The highest BCUT2D eigenvalue weighted by Crippen LogP contribution is 2.33. The second-order valence-corrected chi connectivity index (χ2v) is 5.14. The maximum absolute atomic E-state index is 12.5. The molecule has 0 atom stereocenters. The van der Waals surface area contributed by atoms with Crippen LogP contribution in [0.2, 0.25) is 0 Å². The molecule has 18 heavy (non-hydrogen) atoms. The maximum atomic E-state index is 12.5. The fraction of sp³-hybridized carbons (Fsp3) is 0.917. The van der Waals surface area contributed by atoms with Gasteiger partial charge in [-0.15, -0.1) is 0 Å². The van der Waals surface area contributed by atoms with Crippen molar-refractivity contribution in [3.05, 3.63) is 0 Å². The van der Waals surface area contributed by atoms with E-state index in [0.29, 0.717) is 32.6 Å². The predicted octanol–water partition coefficient (Wildman–Crippen LogP) is 1.88. The van der Waals surface area contributed by atoms with Crippen LogP contribution in [-0.2, 0) is 4.79 Å². The number of piperidine rings is 1. The number of rotatable bonds is 3. The smallest absolute Gasteiger partial charge is 0.341 e. The van der Waals surface area contributed by atoms with Crippen LogP contribution in [0, 0.1) is 5.92 Å². The molecule has 2 rings (SSSR count). The van der Waals surface area contributed by atoms with Crippen LogP contribution in [0.3, 0.4) is 0 Å². The molecule has 0 N–H and O–H groups in total. The average Bonchev–Trinajstić information content (AvgIpc) is 2.72. The molecule has 2 heterocycles. The lowest BCUT2D eigenvalue weighted by Crippen LogP contribution is -2.42. The quantitative estimate of drug-likeness (QED) is 0.777. The molecular weight excluding hydrogens is 245 g/mol. The van der Waals surface area contributed by atoms with Gasteiger partial charge in [-0.3, -0.25) is 4.79 Å². The van der Waals surface area contributed by atoms with E-state index >= 15 is 0 Å². The summed E-state index contributed by atoms with van der Waals surface area (Å²) in [7, 11) is 0. The molecule has 0 spiro atoms. The van der Waals surface area contributed by atoms with Crippen LogP contribution in [0.1, 0.15) is 25.7 Å². The number of carbonyl (C=O) groups is 1. The minimum atomic E-state index is -4.04. The summed E-state index contributed by atoms with van der Waals surface area (Å²) in [6.07, 6.45) is -2.13. The maximum Gasteiger partial charge on any atom is 0.391 e. The summed E-state index contributed by atoms with van der Waals surface area (Å²) < 4.78 is 37.4. The third-order valence-corrected chi connectivity index (χ3v) is 3.91. The van der Waals surface area contributed by atoms with Crippen LogP contribution < -0.4 is 0 Å². The zero-order valence-corrected chi connectivity index (χ0v) is 10.4. The van der Waals surface area contributed by atoms with Crippen molar-refractivity contribution < 1.29 is 18.0 Å². The van der Waals surface area contributed by atoms with Crippen LogP contribution in [0.25, 0.3) is 0 Å². The predicted molar refractivity (Wildman–Crippen MR) is 61.0 cm³/mol. The molecule has 0 aromatic rings. The first-order chi connectivity index (χ1) is 8.47. The number of nitrogens with zero attached hydrogens (tertiary/aromatic N) is 2. The lowest BCUT2D eigenvalue weighted by Gasteiger charge is -2.33. The zero-order chi connectivity index (χ0) is 13.2. The fourth-order valence-corrected chi connectivity index (χ4v) is 2.69. The molecule has 2 aliphatic rings. The summed E-state index contributed by atoms with van der Waals surface area (Å²) in [4.78, 5) is 15.2. The molecule has 3 nitrogen and oxygen atoms in total. The third kappa shape index (κ3) is 3.37. The van der Waals surface area contributed by atoms with Gasteiger partial charge in [-0.05, 0) is 32.4 Å². The molecule has 2 saturated heterocycles. The van der Waals surface area contributed by atoms with Crippen molar-refractivity contribution in [3.63, 3.8) is 0 Å². The van der Waals surface area contributed by atoms with E-state index in [4.69, 9.17) is 0 Å². The first-order valence-corrected chi connectivity index (χ1v) is 6.53. The molecular formula is C12H19F3N2O. The number of amides is 1. The fourth-order valence-electron chi connectivity index (χ4n) is 2.69. The second kappa shape index (κ2) is 5.47. The Kier molecular flexibility index (Phi) is 4.14. The van der Waals surface area contributed by atoms with Gasteiger partial charge in [0.1, 0.15) is 0 Å². The van der Waals surface area contributed by atoms with Gasteiger partial charge in [0.25, 0.3) is 0 Å². The molecule has 2 aliphatic heterocycles. The van der Waals surface area contributed by atoms with Crippen LogP contribution in [0.4, 0.5) is 13.2 Å². The van der Waals surface area contributed by atoms with E-state index < -0.39 is 12.1 Å². The van der Waals surface area contributed by atoms with E-state index in [9.17, 15) is 18.0 Å². The highest BCUT2D eigenvalue weighted by atomic mass is 19.4. The van der Waals surface area contributed by atoms with E-state index in [1.807, 2.05) is 9.80 Å². The molecule has 0 aromatic carbocycles. The van der Waals surface area contributed by atoms with Gasteiger partial charge in [0.05, 0.1) is 5.92 Å². The molecule has 0 radical (unpaired) electrons. The van der Waals surface area contributed by atoms with Crippen molar-refractivity contribution in [1.29, 1.82) is 0 Å². The van der Waals surface area contributed by atoms with Crippen molar-refractivity contribution in [3.8, 4) is 0 Å². The Balaban J connectivity index is 1.69. The van der Waals surface area contributed by atoms with Gasteiger partial charge in [0.15, 0.2) is 0 Å². The molecule has 0 aromatic heterocycles. The van der Waals surface area contributed by atoms with Crippen LogP contribution in [0.15, 0.2) is 0 Å². The minimum absolute atomic E-state index is 0.181. The monoisotopic (exact) mass is 264 g/mol. The lowest BCUT2D eigenvalue weighted by atomic mass is 9.96. The van der Waals surface area contributed by atoms with Crippen molar-refractivity contribution in [2.45, 2.75) is 31.9 Å². The summed E-state index contributed by atoms with van der Waals surface area (Å²) in [6.45, 7) is 3.15. The Labute approximate surface area is 105 Å². The van der Waals surface area contributed by atoms with E-state index in [0.717, 1.165) is 13.0 Å². The van der Waals surface area contributed by atoms with E-state index in [1.165, 1.54) is 0 Å². The molecule has 104 valence electrons. The lowest BCUT2D eigenvalue weighted by molar-refractivity contribution is -0.185. The topological polar surface area (TPSA) is 23.6 Å². The molecule has 6 heteroatoms. The third-order valence-electron chi connectivity index (χ3n) is 3.91. The summed E-state index contributed by atoms with van der Waals surface area (Å²) in [6, 6.07) is 0. The van der Waals surface area contributed by atoms with Crippen molar-refractivity contribution in [2.24, 2.45) is 5.92 Å². The van der Waals surface area contributed by atoms with Crippen molar-refractivity contribution in [2.75, 3.05) is 32.7 Å².